The Bertz CT molecular complexity index is 496. The fraction of sp³-hybridized carbons (Fsp3) is 0.762. The van der Waals surface area contributed by atoms with Crippen LogP contribution in [0.25, 0.3) is 0 Å². The molecule has 7 heteroatoms. The van der Waals surface area contributed by atoms with E-state index in [-0.39, 0.29) is 12.8 Å². The van der Waals surface area contributed by atoms with Gasteiger partial charge < -0.3 is 19.4 Å². The number of hydrogen-bond acceptors (Lipinski definition) is 4. The van der Waals surface area contributed by atoms with Crippen molar-refractivity contribution in [3.63, 3.8) is 0 Å². The van der Waals surface area contributed by atoms with Crippen molar-refractivity contribution in [1.29, 1.82) is 0 Å². The molecule has 0 aromatic heterocycles. The molecule has 1 unspecified atom stereocenters. The van der Waals surface area contributed by atoms with Crippen LogP contribution >= 0.6 is 0 Å². The number of hydrogen-bond donors (Lipinski definition) is 2. The number of aliphatic carboxylic acids is 2. The lowest BCUT2D eigenvalue weighted by Gasteiger charge is -2.28. The Labute approximate surface area is 169 Å². The minimum absolute atomic E-state index is 0.189. The summed E-state index contributed by atoms with van der Waals surface area (Å²) in [6.45, 7) is 0.447. The standard InChI is InChI=1S/C21H37NO6/c1-22(2,3)17-18(16-20(25)26)28-21(27)15-13-11-9-7-5-4-6-8-10-12-14-19(23)24/h13,15,18H,4-12,14,16-17H2,1-3H3,(H-,23,24,25,26)/p+1. The van der Waals surface area contributed by atoms with E-state index in [4.69, 9.17) is 14.9 Å². The van der Waals surface area contributed by atoms with Gasteiger partial charge in [0.1, 0.15) is 6.54 Å². The lowest BCUT2D eigenvalue weighted by Crippen LogP contribution is -2.43. The van der Waals surface area contributed by atoms with Crippen LogP contribution in [0.4, 0.5) is 0 Å². The van der Waals surface area contributed by atoms with Gasteiger partial charge in [0.05, 0.1) is 27.6 Å². The number of carboxylic acids is 2. The summed E-state index contributed by atoms with van der Waals surface area (Å²) in [6.07, 6.45) is 11.8. The Hall–Kier alpha value is -1.89. The second-order valence-electron chi connectivity index (χ2n) is 8.29. The first-order valence-corrected chi connectivity index (χ1v) is 10.2. The molecule has 28 heavy (non-hydrogen) atoms. The maximum atomic E-state index is 11.9. The lowest BCUT2D eigenvalue weighted by atomic mass is 10.1. The van der Waals surface area contributed by atoms with Crippen molar-refractivity contribution in [2.75, 3.05) is 27.7 Å². The first-order chi connectivity index (χ1) is 13.1. The highest BCUT2D eigenvalue weighted by Crippen LogP contribution is 2.11. The molecule has 0 rings (SSSR count). The molecule has 0 amide bonds. The Morgan fingerprint density at radius 2 is 1.39 bits per heavy atom. The molecular weight excluding hydrogens is 362 g/mol. The third kappa shape index (κ3) is 18.9. The molecule has 0 radical (unpaired) electrons. The smallest absolute Gasteiger partial charge is 0.330 e. The number of carbonyl (C=O) groups is 3. The van der Waals surface area contributed by atoms with E-state index in [0.717, 1.165) is 57.8 Å². The van der Waals surface area contributed by atoms with Crippen LogP contribution in [0, 0.1) is 0 Å². The predicted octanol–water partition coefficient (Wildman–Crippen LogP) is 3.62. The van der Waals surface area contributed by atoms with Crippen molar-refractivity contribution < 1.29 is 33.8 Å². The molecule has 0 saturated heterocycles. The van der Waals surface area contributed by atoms with E-state index in [9.17, 15) is 14.4 Å². The van der Waals surface area contributed by atoms with Crippen LogP contribution in [0.3, 0.4) is 0 Å². The van der Waals surface area contributed by atoms with Gasteiger partial charge in [-0.3, -0.25) is 9.59 Å². The third-order valence-electron chi connectivity index (χ3n) is 4.20. The van der Waals surface area contributed by atoms with Crippen LogP contribution < -0.4 is 0 Å². The second kappa shape index (κ2) is 15.1. The van der Waals surface area contributed by atoms with E-state index in [2.05, 4.69) is 0 Å². The van der Waals surface area contributed by atoms with E-state index in [0.29, 0.717) is 11.0 Å². The molecule has 162 valence electrons. The Kier molecular flexibility index (Phi) is 14.1. The highest BCUT2D eigenvalue weighted by molar-refractivity contribution is 5.82. The van der Waals surface area contributed by atoms with Crippen molar-refractivity contribution in [2.45, 2.75) is 76.7 Å². The van der Waals surface area contributed by atoms with Gasteiger partial charge in [0.15, 0.2) is 6.10 Å². The molecule has 0 spiro atoms. The fourth-order valence-corrected chi connectivity index (χ4v) is 2.93. The molecule has 1 atom stereocenters. The molecular formula is C21H38NO6+. The summed E-state index contributed by atoms with van der Waals surface area (Å²) in [4.78, 5) is 33.2. The molecule has 0 aromatic carbocycles. The maximum absolute atomic E-state index is 11.9. The predicted molar refractivity (Wildman–Crippen MR) is 108 cm³/mol. The SMILES string of the molecule is C[N+](C)(C)CC(CC(=O)O)OC(=O)C=CCCCCCCCCCCC(=O)O. The summed E-state index contributed by atoms with van der Waals surface area (Å²) >= 11 is 0. The normalized spacial score (nSPS) is 12.8. The number of carboxylic acid groups (broad SMARTS) is 2. The first kappa shape index (κ1) is 26.1. The monoisotopic (exact) mass is 400 g/mol. The van der Waals surface area contributed by atoms with Crippen molar-refractivity contribution in [2.24, 2.45) is 0 Å². The van der Waals surface area contributed by atoms with Crippen LogP contribution in [0.5, 0.6) is 0 Å². The number of allylic oxidation sites excluding steroid dienone is 1. The van der Waals surface area contributed by atoms with Gasteiger partial charge in [-0.1, -0.05) is 44.6 Å². The summed E-state index contributed by atoms with van der Waals surface area (Å²) in [6, 6.07) is 0. The first-order valence-electron chi connectivity index (χ1n) is 10.2. The topological polar surface area (TPSA) is 101 Å². The van der Waals surface area contributed by atoms with Gasteiger partial charge >= 0.3 is 17.9 Å². The molecule has 2 N–H and O–H groups in total. The third-order valence-corrected chi connectivity index (χ3v) is 4.20. The van der Waals surface area contributed by atoms with E-state index in [1.807, 2.05) is 21.1 Å². The number of rotatable bonds is 17. The van der Waals surface area contributed by atoms with Crippen LogP contribution in [0.15, 0.2) is 12.2 Å². The summed E-state index contributed by atoms with van der Waals surface area (Å²) in [5.74, 6) is -2.18. The average Bonchev–Trinajstić information content (AvgIpc) is 2.53. The summed E-state index contributed by atoms with van der Waals surface area (Å²) < 4.78 is 5.81. The number of nitrogens with zero attached hydrogens (tertiary/aromatic N) is 1. The fourth-order valence-electron chi connectivity index (χ4n) is 2.93. The van der Waals surface area contributed by atoms with Crippen molar-refractivity contribution in [3.8, 4) is 0 Å². The molecule has 0 aliphatic rings. The Balaban J connectivity index is 3.80. The van der Waals surface area contributed by atoms with Gasteiger partial charge in [0, 0.05) is 12.5 Å². The number of likely N-dealkylation sites (N-methyl/N-ethyl adjacent to an activating group) is 1. The van der Waals surface area contributed by atoms with Gasteiger partial charge in [-0.25, -0.2) is 4.79 Å². The van der Waals surface area contributed by atoms with Gasteiger partial charge in [0.2, 0.25) is 0 Å². The van der Waals surface area contributed by atoms with E-state index >= 15 is 0 Å². The molecule has 0 aliphatic carbocycles. The van der Waals surface area contributed by atoms with E-state index in [1.165, 1.54) is 6.08 Å². The molecule has 0 bridgehead atoms. The molecule has 7 nitrogen and oxygen atoms in total. The minimum Gasteiger partial charge on any atom is -0.481 e. The lowest BCUT2D eigenvalue weighted by molar-refractivity contribution is -0.873. The van der Waals surface area contributed by atoms with E-state index < -0.39 is 24.0 Å². The van der Waals surface area contributed by atoms with Crippen molar-refractivity contribution in [1.82, 2.24) is 0 Å². The Morgan fingerprint density at radius 3 is 1.89 bits per heavy atom. The number of quaternary nitrogens is 1. The van der Waals surface area contributed by atoms with Crippen LogP contribution in [0.1, 0.15) is 70.6 Å². The van der Waals surface area contributed by atoms with Crippen molar-refractivity contribution in [3.05, 3.63) is 12.2 Å². The highest BCUT2D eigenvalue weighted by Gasteiger charge is 2.23. The molecule has 0 aliphatic heterocycles. The number of ether oxygens (including phenoxy) is 1. The highest BCUT2D eigenvalue weighted by atomic mass is 16.5. The summed E-state index contributed by atoms with van der Waals surface area (Å²) in [5.41, 5.74) is 0. The van der Waals surface area contributed by atoms with E-state index in [1.54, 1.807) is 6.08 Å². The second-order valence-corrected chi connectivity index (χ2v) is 8.29. The molecule has 0 aromatic rings. The Morgan fingerprint density at radius 1 is 0.857 bits per heavy atom. The van der Waals surface area contributed by atoms with Gasteiger partial charge in [-0.05, 0) is 19.3 Å². The average molecular weight is 401 g/mol. The quantitative estimate of drug-likeness (QED) is 0.167. The van der Waals surface area contributed by atoms with Gasteiger partial charge in [-0.2, -0.15) is 0 Å². The van der Waals surface area contributed by atoms with Gasteiger partial charge in [0.25, 0.3) is 0 Å². The van der Waals surface area contributed by atoms with Crippen molar-refractivity contribution >= 4 is 17.9 Å². The largest absolute Gasteiger partial charge is 0.481 e. The summed E-state index contributed by atoms with van der Waals surface area (Å²) in [5, 5.41) is 17.5. The molecule has 0 saturated carbocycles. The molecule has 0 fully saturated rings. The molecule has 0 heterocycles. The zero-order valence-corrected chi connectivity index (χ0v) is 17.7. The minimum atomic E-state index is -0.975. The zero-order chi connectivity index (χ0) is 21.4. The van der Waals surface area contributed by atoms with Crippen LogP contribution in [0.2, 0.25) is 0 Å². The van der Waals surface area contributed by atoms with Crippen LogP contribution in [-0.2, 0) is 19.1 Å². The van der Waals surface area contributed by atoms with Gasteiger partial charge in [-0.15, -0.1) is 0 Å². The maximum Gasteiger partial charge on any atom is 0.330 e. The summed E-state index contributed by atoms with van der Waals surface area (Å²) in [7, 11) is 5.78. The number of carbonyl (C=O) groups excluding carboxylic acids is 1. The number of unbranched alkanes of at least 4 members (excludes halogenated alkanes) is 8. The van der Waals surface area contributed by atoms with Crippen LogP contribution in [-0.4, -0.2) is 66.4 Å². The number of esters is 1. The zero-order valence-electron chi connectivity index (χ0n) is 17.7.